The molecular formula is C22H24N2O5S. The lowest BCUT2D eigenvalue weighted by Gasteiger charge is -2.30. The highest BCUT2D eigenvalue weighted by Gasteiger charge is 2.46. The molecule has 7 nitrogen and oxygen atoms in total. The molecule has 0 radical (unpaired) electrons. The van der Waals surface area contributed by atoms with Gasteiger partial charge in [0.05, 0.1) is 31.9 Å². The molecule has 0 spiro atoms. The minimum absolute atomic E-state index is 0.123. The fraction of sp³-hybridized carbons (Fsp3) is 0.364. The maximum Gasteiger partial charge on any atom is 0.295 e. The number of carbonyl (C=O) groups is 2. The van der Waals surface area contributed by atoms with Crippen LogP contribution in [0.1, 0.15) is 16.5 Å². The average molecular weight is 429 g/mol. The van der Waals surface area contributed by atoms with Crippen LogP contribution >= 0.6 is 11.3 Å². The third-order valence-electron chi connectivity index (χ3n) is 5.46. The second-order valence-corrected chi connectivity index (χ2v) is 8.17. The monoisotopic (exact) mass is 428 g/mol. The Hall–Kier alpha value is -2.68. The summed E-state index contributed by atoms with van der Waals surface area (Å²) in [7, 11) is 1.54. The molecule has 0 saturated carbocycles. The second-order valence-electron chi connectivity index (χ2n) is 7.19. The third-order valence-corrected chi connectivity index (χ3v) is 6.38. The number of Topliss-reactive ketones (excluding diaryl/α,β-unsaturated/α-hetero) is 1. The molecule has 1 atom stereocenters. The molecule has 1 amide bonds. The van der Waals surface area contributed by atoms with E-state index in [1.807, 2.05) is 17.5 Å². The molecule has 2 aromatic rings. The number of carbonyl (C=O) groups excluding carboxylic acids is 2. The number of hydrogen-bond donors (Lipinski definition) is 1. The van der Waals surface area contributed by atoms with E-state index in [0.29, 0.717) is 37.6 Å². The summed E-state index contributed by atoms with van der Waals surface area (Å²) in [5.41, 5.74) is 0.569. The molecule has 0 aliphatic carbocycles. The Bertz CT molecular complexity index is 950. The van der Waals surface area contributed by atoms with E-state index < -0.39 is 17.7 Å². The van der Waals surface area contributed by atoms with Gasteiger partial charge in [0.25, 0.3) is 11.7 Å². The molecule has 1 aromatic carbocycles. The molecule has 1 unspecified atom stereocenters. The number of aliphatic hydroxyl groups excluding tert-OH is 1. The average Bonchev–Trinajstić information content (AvgIpc) is 3.40. The summed E-state index contributed by atoms with van der Waals surface area (Å²) in [6, 6.07) is 10.0. The summed E-state index contributed by atoms with van der Waals surface area (Å²) in [6.45, 7) is 4.00. The lowest BCUT2D eigenvalue weighted by Crippen LogP contribution is -2.42. The molecule has 0 bridgehead atoms. The van der Waals surface area contributed by atoms with Gasteiger partial charge in [0.2, 0.25) is 0 Å². The minimum atomic E-state index is -0.657. The fourth-order valence-electron chi connectivity index (χ4n) is 3.85. The van der Waals surface area contributed by atoms with Crippen LogP contribution in [0.5, 0.6) is 5.75 Å². The van der Waals surface area contributed by atoms with Gasteiger partial charge in [0.1, 0.15) is 11.5 Å². The number of benzene rings is 1. The maximum absolute atomic E-state index is 13.0. The number of methoxy groups -OCH3 is 1. The molecule has 4 rings (SSSR count). The second kappa shape index (κ2) is 8.99. The first-order valence-corrected chi connectivity index (χ1v) is 10.7. The van der Waals surface area contributed by atoms with Crippen molar-refractivity contribution in [2.24, 2.45) is 0 Å². The van der Waals surface area contributed by atoms with Crippen LogP contribution in [0, 0.1) is 0 Å². The van der Waals surface area contributed by atoms with Crippen molar-refractivity contribution in [1.82, 2.24) is 9.80 Å². The Kier molecular flexibility index (Phi) is 6.17. The Labute approximate surface area is 179 Å². The van der Waals surface area contributed by atoms with E-state index in [9.17, 15) is 14.7 Å². The number of nitrogens with zero attached hydrogens (tertiary/aromatic N) is 2. The number of thiophene rings is 1. The molecule has 2 aliphatic heterocycles. The zero-order valence-corrected chi connectivity index (χ0v) is 17.6. The largest absolute Gasteiger partial charge is 0.507 e. The summed E-state index contributed by atoms with van der Waals surface area (Å²) in [5.74, 6) is -0.852. The van der Waals surface area contributed by atoms with Gasteiger partial charge in [0, 0.05) is 36.6 Å². The van der Waals surface area contributed by atoms with E-state index in [1.54, 1.807) is 29.2 Å². The molecule has 8 heteroatoms. The zero-order valence-electron chi connectivity index (χ0n) is 16.7. The number of likely N-dealkylation sites (tertiary alicyclic amines) is 1. The molecule has 1 aromatic heterocycles. The Balaban J connectivity index is 1.69. The van der Waals surface area contributed by atoms with Crippen LogP contribution in [0.15, 0.2) is 47.4 Å². The third kappa shape index (κ3) is 3.98. The van der Waals surface area contributed by atoms with Gasteiger partial charge in [-0.1, -0.05) is 18.2 Å². The summed E-state index contributed by atoms with van der Waals surface area (Å²) in [5, 5.41) is 12.9. The van der Waals surface area contributed by atoms with Crippen molar-refractivity contribution in [2.75, 3.05) is 46.5 Å². The van der Waals surface area contributed by atoms with E-state index in [4.69, 9.17) is 9.47 Å². The quantitative estimate of drug-likeness (QED) is 0.433. The Morgan fingerprint density at radius 1 is 1.20 bits per heavy atom. The van der Waals surface area contributed by atoms with Gasteiger partial charge in [-0.05, 0) is 23.6 Å². The zero-order chi connectivity index (χ0) is 21.1. The first-order valence-electron chi connectivity index (χ1n) is 9.86. The van der Waals surface area contributed by atoms with Crippen molar-refractivity contribution in [3.8, 4) is 5.75 Å². The molecule has 158 valence electrons. The van der Waals surface area contributed by atoms with E-state index in [2.05, 4.69) is 4.90 Å². The van der Waals surface area contributed by atoms with Crippen LogP contribution in [0.3, 0.4) is 0 Å². The number of ketones is 1. The first-order chi connectivity index (χ1) is 14.6. The van der Waals surface area contributed by atoms with Gasteiger partial charge in [-0.25, -0.2) is 0 Å². The van der Waals surface area contributed by atoms with Gasteiger partial charge in [-0.2, -0.15) is 0 Å². The molecule has 2 aliphatic rings. The van der Waals surface area contributed by atoms with Crippen LogP contribution < -0.4 is 4.74 Å². The highest BCUT2D eigenvalue weighted by Crippen LogP contribution is 2.41. The Morgan fingerprint density at radius 3 is 2.70 bits per heavy atom. The standard InChI is InChI=1S/C22H24N2O5S/c1-28-16-5-2-4-15(14-16)20(25)18-19(17-6-3-13-30-17)24(22(27)21(18)26)8-7-23-9-11-29-12-10-23/h2-6,13-14,19,25H,7-12H2,1H3/b20-18+. The van der Waals surface area contributed by atoms with E-state index in [1.165, 1.54) is 18.4 Å². The summed E-state index contributed by atoms with van der Waals surface area (Å²) < 4.78 is 10.6. The summed E-state index contributed by atoms with van der Waals surface area (Å²) in [4.78, 5) is 30.5. The number of rotatable bonds is 6. The molecule has 1 N–H and O–H groups in total. The minimum Gasteiger partial charge on any atom is -0.507 e. The van der Waals surface area contributed by atoms with Crippen LogP contribution in [0.25, 0.3) is 5.76 Å². The number of amides is 1. The van der Waals surface area contributed by atoms with Crippen LogP contribution in [0.2, 0.25) is 0 Å². The molecular weight excluding hydrogens is 404 g/mol. The van der Waals surface area contributed by atoms with Crippen molar-refractivity contribution in [3.63, 3.8) is 0 Å². The van der Waals surface area contributed by atoms with Crippen molar-refractivity contribution < 1.29 is 24.2 Å². The molecule has 2 saturated heterocycles. The van der Waals surface area contributed by atoms with Crippen LogP contribution in [-0.2, 0) is 14.3 Å². The first kappa shape index (κ1) is 20.6. The van der Waals surface area contributed by atoms with Crippen molar-refractivity contribution in [2.45, 2.75) is 6.04 Å². The van der Waals surface area contributed by atoms with Crippen LogP contribution in [-0.4, -0.2) is 73.1 Å². The highest BCUT2D eigenvalue weighted by molar-refractivity contribution is 7.10. The van der Waals surface area contributed by atoms with Crippen LogP contribution in [0.4, 0.5) is 0 Å². The lowest BCUT2D eigenvalue weighted by atomic mass is 9.99. The summed E-state index contributed by atoms with van der Waals surface area (Å²) >= 11 is 1.46. The van der Waals surface area contributed by atoms with Gasteiger partial charge < -0.3 is 19.5 Å². The van der Waals surface area contributed by atoms with Gasteiger partial charge in [0.15, 0.2) is 0 Å². The number of ether oxygens (including phenoxy) is 2. The number of morpholine rings is 1. The topological polar surface area (TPSA) is 79.3 Å². The number of aliphatic hydroxyl groups is 1. The highest BCUT2D eigenvalue weighted by atomic mass is 32.1. The predicted octanol–water partition coefficient (Wildman–Crippen LogP) is 2.51. The Morgan fingerprint density at radius 2 is 2.00 bits per heavy atom. The van der Waals surface area contributed by atoms with Crippen molar-refractivity contribution in [1.29, 1.82) is 0 Å². The van der Waals surface area contributed by atoms with Gasteiger partial charge in [-0.3, -0.25) is 14.5 Å². The summed E-state index contributed by atoms with van der Waals surface area (Å²) in [6.07, 6.45) is 0. The SMILES string of the molecule is COc1cccc(/C(O)=C2\C(=O)C(=O)N(CCN3CCOCC3)C2c2cccs2)c1. The maximum atomic E-state index is 13.0. The lowest BCUT2D eigenvalue weighted by molar-refractivity contribution is -0.140. The van der Waals surface area contributed by atoms with E-state index >= 15 is 0 Å². The van der Waals surface area contributed by atoms with Gasteiger partial charge in [-0.15, -0.1) is 11.3 Å². The van der Waals surface area contributed by atoms with E-state index in [-0.39, 0.29) is 11.3 Å². The van der Waals surface area contributed by atoms with Gasteiger partial charge >= 0.3 is 0 Å². The number of hydrogen-bond acceptors (Lipinski definition) is 7. The molecule has 2 fully saturated rings. The van der Waals surface area contributed by atoms with Crippen molar-refractivity contribution >= 4 is 28.8 Å². The molecule has 3 heterocycles. The normalized spacial score (nSPS) is 21.9. The van der Waals surface area contributed by atoms with E-state index in [0.717, 1.165) is 18.0 Å². The fourth-order valence-corrected chi connectivity index (χ4v) is 4.70. The smallest absolute Gasteiger partial charge is 0.295 e. The predicted molar refractivity (Wildman–Crippen MR) is 114 cm³/mol. The molecule has 30 heavy (non-hydrogen) atoms. The van der Waals surface area contributed by atoms with Crippen molar-refractivity contribution in [3.05, 3.63) is 57.8 Å².